The van der Waals surface area contributed by atoms with Gasteiger partial charge in [-0.25, -0.2) is 9.59 Å². The maximum atomic E-state index is 12.7. The fourth-order valence-electron chi connectivity index (χ4n) is 4.15. The number of rotatable bonds is 9. The second kappa shape index (κ2) is 10.5. The normalized spacial score (nSPS) is 13.9. The zero-order valence-electron chi connectivity index (χ0n) is 18.6. The highest BCUT2D eigenvalue weighted by atomic mass is 32.1. The van der Waals surface area contributed by atoms with Crippen LogP contribution in [0, 0.1) is 0 Å². The number of thiazole rings is 1. The molecule has 3 aromatic rings. The standard InChI is InChI=1S/C25H25N3O5S/c1-2-21(23(29)27-22(24(30)31)11-15-12-26-14-34-15)28-25(32)33-13-20-18-9-5-3-7-16(18)17-8-4-6-10-19(17)20/h3-10,12,14,20-22H,2,11,13H2,1H3,(H,27,29)(H,28,32)(H,30,31)/t21-,22?/m0/s1. The van der Waals surface area contributed by atoms with E-state index in [0.717, 1.165) is 27.1 Å². The number of hydrogen-bond acceptors (Lipinski definition) is 6. The number of carboxylic acid groups (broad SMARTS) is 1. The molecule has 0 fully saturated rings. The van der Waals surface area contributed by atoms with Crippen molar-refractivity contribution in [2.75, 3.05) is 6.61 Å². The zero-order valence-corrected chi connectivity index (χ0v) is 19.4. The van der Waals surface area contributed by atoms with Crippen LogP contribution >= 0.6 is 11.3 Å². The molecule has 0 aliphatic heterocycles. The minimum absolute atomic E-state index is 0.0946. The van der Waals surface area contributed by atoms with Gasteiger partial charge in [-0.2, -0.15) is 0 Å². The number of aliphatic carboxylic acids is 1. The number of amides is 2. The number of carbonyl (C=O) groups excluding carboxylic acids is 2. The van der Waals surface area contributed by atoms with Gasteiger partial charge in [0.05, 0.1) is 5.51 Å². The summed E-state index contributed by atoms with van der Waals surface area (Å²) in [6, 6.07) is 14.0. The second-order valence-corrected chi connectivity index (χ2v) is 8.97. The number of nitrogens with one attached hydrogen (secondary N) is 2. The molecule has 1 aromatic heterocycles. The fourth-order valence-corrected chi connectivity index (χ4v) is 4.79. The molecule has 2 amide bonds. The van der Waals surface area contributed by atoms with Crippen molar-refractivity contribution in [1.82, 2.24) is 15.6 Å². The van der Waals surface area contributed by atoms with E-state index in [1.807, 2.05) is 36.4 Å². The van der Waals surface area contributed by atoms with Crippen LogP contribution in [-0.4, -0.2) is 46.8 Å². The summed E-state index contributed by atoms with van der Waals surface area (Å²) in [4.78, 5) is 41.5. The number of hydrogen-bond donors (Lipinski definition) is 3. The molecule has 0 bridgehead atoms. The summed E-state index contributed by atoms with van der Waals surface area (Å²) in [5.74, 6) is -1.83. The number of nitrogens with zero attached hydrogens (tertiary/aromatic N) is 1. The SMILES string of the molecule is CC[C@H](NC(=O)OCC1c2ccccc2-c2ccccc21)C(=O)NC(Cc1cncs1)C(=O)O. The van der Waals surface area contributed by atoms with Crippen LogP contribution in [0.3, 0.4) is 0 Å². The Kier molecular flexibility index (Phi) is 7.22. The molecule has 1 unspecified atom stereocenters. The number of carbonyl (C=O) groups is 3. The fraction of sp³-hybridized carbons (Fsp3) is 0.280. The summed E-state index contributed by atoms with van der Waals surface area (Å²) in [5, 5.41) is 14.6. The van der Waals surface area contributed by atoms with Gasteiger partial charge in [-0.15, -0.1) is 11.3 Å². The third kappa shape index (κ3) is 5.09. The number of ether oxygens (including phenoxy) is 1. The molecule has 2 aromatic carbocycles. The summed E-state index contributed by atoms with van der Waals surface area (Å²) in [6.07, 6.45) is 1.24. The van der Waals surface area contributed by atoms with E-state index in [2.05, 4.69) is 27.8 Å². The molecule has 3 N–H and O–H groups in total. The molecule has 0 saturated heterocycles. The van der Waals surface area contributed by atoms with E-state index < -0.39 is 30.1 Å². The monoisotopic (exact) mass is 479 g/mol. The minimum atomic E-state index is -1.15. The summed E-state index contributed by atoms with van der Waals surface area (Å²) in [6.45, 7) is 1.86. The van der Waals surface area contributed by atoms with Gasteiger partial charge in [-0.05, 0) is 28.7 Å². The van der Waals surface area contributed by atoms with Gasteiger partial charge < -0.3 is 20.5 Å². The van der Waals surface area contributed by atoms with Gasteiger partial charge >= 0.3 is 12.1 Å². The predicted molar refractivity (Wildman–Crippen MR) is 128 cm³/mol. The molecular weight excluding hydrogens is 454 g/mol. The molecule has 0 radical (unpaired) electrons. The summed E-state index contributed by atoms with van der Waals surface area (Å²) >= 11 is 1.31. The van der Waals surface area contributed by atoms with Crippen molar-refractivity contribution in [1.29, 1.82) is 0 Å². The highest BCUT2D eigenvalue weighted by Gasteiger charge is 2.30. The van der Waals surface area contributed by atoms with E-state index >= 15 is 0 Å². The highest BCUT2D eigenvalue weighted by molar-refractivity contribution is 7.09. The summed E-state index contributed by atoms with van der Waals surface area (Å²) in [5.41, 5.74) is 6.03. The topological polar surface area (TPSA) is 118 Å². The van der Waals surface area contributed by atoms with Gasteiger partial charge in [0.1, 0.15) is 18.7 Å². The minimum Gasteiger partial charge on any atom is -0.480 e. The van der Waals surface area contributed by atoms with Crippen LogP contribution in [-0.2, 0) is 20.7 Å². The maximum absolute atomic E-state index is 12.7. The predicted octanol–water partition coefficient (Wildman–Crippen LogP) is 3.57. The van der Waals surface area contributed by atoms with Crippen LogP contribution in [0.15, 0.2) is 60.2 Å². The zero-order chi connectivity index (χ0) is 24.1. The van der Waals surface area contributed by atoms with Crippen molar-refractivity contribution in [2.45, 2.75) is 37.8 Å². The Labute approximate surface area is 201 Å². The van der Waals surface area contributed by atoms with Gasteiger partial charge in [-0.1, -0.05) is 55.5 Å². The molecule has 0 saturated carbocycles. The van der Waals surface area contributed by atoms with E-state index in [1.54, 1.807) is 18.6 Å². The summed E-state index contributed by atoms with van der Waals surface area (Å²) < 4.78 is 5.51. The second-order valence-electron chi connectivity index (χ2n) is 8.00. The maximum Gasteiger partial charge on any atom is 0.407 e. The molecule has 0 spiro atoms. The van der Waals surface area contributed by atoms with Gasteiger partial charge in [0, 0.05) is 23.4 Å². The van der Waals surface area contributed by atoms with Gasteiger partial charge in [0.2, 0.25) is 5.91 Å². The quantitative estimate of drug-likeness (QED) is 0.432. The smallest absolute Gasteiger partial charge is 0.407 e. The number of alkyl carbamates (subject to hydrolysis) is 1. The molecule has 1 aliphatic rings. The molecule has 4 rings (SSSR count). The van der Waals surface area contributed by atoms with E-state index in [9.17, 15) is 19.5 Å². The highest BCUT2D eigenvalue weighted by Crippen LogP contribution is 2.44. The lowest BCUT2D eigenvalue weighted by molar-refractivity contribution is -0.142. The summed E-state index contributed by atoms with van der Waals surface area (Å²) in [7, 11) is 0. The number of benzene rings is 2. The van der Waals surface area contributed by atoms with Crippen LogP contribution in [0.1, 0.15) is 35.3 Å². The Balaban J connectivity index is 1.36. The molecule has 8 nitrogen and oxygen atoms in total. The molecule has 2 atom stereocenters. The first-order valence-electron chi connectivity index (χ1n) is 11.0. The van der Waals surface area contributed by atoms with Crippen molar-refractivity contribution in [3.8, 4) is 11.1 Å². The largest absolute Gasteiger partial charge is 0.480 e. The van der Waals surface area contributed by atoms with Crippen LogP contribution in [0.4, 0.5) is 4.79 Å². The Morgan fingerprint density at radius 1 is 1.03 bits per heavy atom. The van der Waals surface area contributed by atoms with E-state index in [0.29, 0.717) is 0 Å². The molecular formula is C25H25N3O5S. The Hall–Kier alpha value is -3.72. The Morgan fingerprint density at radius 2 is 1.68 bits per heavy atom. The first-order chi connectivity index (χ1) is 16.5. The lowest BCUT2D eigenvalue weighted by atomic mass is 9.98. The molecule has 34 heavy (non-hydrogen) atoms. The molecule has 9 heteroatoms. The van der Waals surface area contributed by atoms with Crippen molar-refractivity contribution in [3.05, 3.63) is 76.2 Å². The molecule has 1 aliphatic carbocycles. The van der Waals surface area contributed by atoms with Gasteiger partial charge in [0.15, 0.2) is 0 Å². The number of fused-ring (bicyclic) bond motifs is 3. The number of carboxylic acids is 1. The Bertz CT molecular complexity index is 1140. The van der Waals surface area contributed by atoms with Crippen LogP contribution in [0.25, 0.3) is 11.1 Å². The first-order valence-corrected chi connectivity index (χ1v) is 11.9. The molecule has 1 heterocycles. The lowest BCUT2D eigenvalue weighted by Gasteiger charge is -2.21. The van der Waals surface area contributed by atoms with Crippen LogP contribution in [0.2, 0.25) is 0 Å². The van der Waals surface area contributed by atoms with Crippen molar-refractivity contribution < 1.29 is 24.2 Å². The number of aromatic nitrogens is 1. The van der Waals surface area contributed by atoms with E-state index in [4.69, 9.17) is 4.74 Å². The van der Waals surface area contributed by atoms with Crippen molar-refractivity contribution in [3.63, 3.8) is 0 Å². The van der Waals surface area contributed by atoms with Crippen LogP contribution < -0.4 is 10.6 Å². The third-order valence-corrected chi connectivity index (χ3v) is 6.67. The van der Waals surface area contributed by atoms with Gasteiger partial charge in [-0.3, -0.25) is 9.78 Å². The Morgan fingerprint density at radius 3 is 2.24 bits per heavy atom. The molecule has 176 valence electrons. The van der Waals surface area contributed by atoms with E-state index in [1.165, 1.54) is 11.3 Å². The van der Waals surface area contributed by atoms with Crippen molar-refractivity contribution in [2.24, 2.45) is 0 Å². The average molecular weight is 480 g/mol. The third-order valence-electron chi connectivity index (χ3n) is 5.86. The first kappa shape index (κ1) is 23.4. The van der Waals surface area contributed by atoms with Gasteiger partial charge in [0.25, 0.3) is 0 Å². The lowest BCUT2D eigenvalue weighted by Crippen LogP contribution is -2.52. The average Bonchev–Trinajstić information content (AvgIpc) is 3.46. The van der Waals surface area contributed by atoms with Crippen LogP contribution in [0.5, 0.6) is 0 Å². The van der Waals surface area contributed by atoms with Crippen molar-refractivity contribution >= 4 is 29.3 Å². The van der Waals surface area contributed by atoms with E-state index in [-0.39, 0.29) is 25.4 Å².